The lowest BCUT2D eigenvalue weighted by atomic mass is 10.1. The molecule has 132 valence electrons. The van der Waals surface area contributed by atoms with Crippen molar-refractivity contribution >= 4 is 31.7 Å². The molecule has 2 heterocycles. The van der Waals surface area contributed by atoms with Gasteiger partial charge in [-0.2, -0.15) is 0 Å². The highest BCUT2D eigenvalue weighted by atomic mass is 32.2. The standard InChI is InChI=1S/C19H18N4O2S/c1-25-14-5-8-16-17(9-14)21-10-18-19(16)23(12-22-18)11-13-3-6-15(7-4-13)26(2,20)24/h3-10,12,20H,11H2,1-2H3. The Morgan fingerprint density at radius 3 is 2.58 bits per heavy atom. The van der Waals surface area contributed by atoms with Gasteiger partial charge in [0.1, 0.15) is 11.3 Å². The third kappa shape index (κ3) is 2.90. The molecule has 4 aromatic rings. The highest BCUT2D eigenvalue weighted by Gasteiger charge is 2.10. The van der Waals surface area contributed by atoms with Gasteiger partial charge in [0.15, 0.2) is 0 Å². The monoisotopic (exact) mass is 366 g/mol. The molecular weight excluding hydrogens is 348 g/mol. The number of benzene rings is 2. The molecule has 0 aliphatic heterocycles. The number of pyridine rings is 1. The number of ether oxygens (including phenoxy) is 1. The number of rotatable bonds is 4. The van der Waals surface area contributed by atoms with E-state index in [0.717, 1.165) is 33.2 Å². The van der Waals surface area contributed by atoms with Crippen LogP contribution in [0.15, 0.2) is 59.9 Å². The van der Waals surface area contributed by atoms with E-state index in [2.05, 4.69) is 14.5 Å². The first kappa shape index (κ1) is 16.5. The van der Waals surface area contributed by atoms with Gasteiger partial charge < -0.3 is 9.30 Å². The average Bonchev–Trinajstić information content (AvgIpc) is 3.04. The number of hydrogen-bond donors (Lipinski definition) is 1. The minimum atomic E-state index is -2.69. The number of nitrogens with one attached hydrogen (secondary N) is 1. The zero-order chi connectivity index (χ0) is 18.3. The predicted molar refractivity (Wildman–Crippen MR) is 102 cm³/mol. The summed E-state index contributed by atoms with van der Waals surface area (Å²) in [5, 5.41) is 1.01. The maximum absolute atomic E-state index is 11.8. The molecule has 0 spiro atoms. The second-order valence-electron chi connectivity index (χ2n) is 6.24. The molecule has 0 amide bonds. The maximum Gasteiger partial charge on any atom is 0.121 e. The summed E-state index contributed by atoms with van der Waals surface area (Å²) >= 11 is 0. The number of aromatic nitrogens is 3. The van der Waals surface area contributed by atoms with Crippen molar-refractivity contribution in [3.63, 3.8) is 0 Å². The van der Waals surface area contributed by atoms with Crippen molar-refractivity contribution in [3.8, 4) is 5.75 Å². The molecule has 1 N–H and O–H groups in total. The van der Waals surface area contributed by atoms with Crippen molar-refractivity contribution in [2.24, 2.45) is 0 Å². The minimum Gasteiger partial charge on any atom is -0.497 e. The lowest BCUT2D eigenvalue weighted by Gasteiger charge is -2.09. The van der Waals surface area contributed by atoms with E-state index in [1.807, 2.05) is 30.3 Å². The Hall–Kier alpha value is -2.93. The highest BCUT2D eigenvalue weighted by molar-refractivity contribution is 7.91. The number of hydrogen-bond acceptors (Lipinski definition) is 5. The van der Waals surface area contributed by atoms with Crippen LogP contribution in [0.25, 0.3) is 21.9 Å². The molecule has 0 radical (unpaired) electrons. The van der Waals surface area contributed by atoms with Crippen LogP contribution >= 0.6 is 0 Å². The highest BCUT2D eigenvalue weighted by Crippen LogP contribution is 2.26. The second kappa shape index (κ2) is 6.10. The van der Waals surface area contributed by atoms with Crippen LogP contribution in [-0.4, -0.2) is 32.1 Å². The Morgan fingerprint density at radius 1 is 1.12 bits per heavy atom. The summed E-state index contributed by atoms with van der Waals surface area (Å²) in [5.41, 5.74) is 3.76. The van der Waals surface area contributed by atoms with Gasteiger partial charge in [-0.3, -0.25) is 4.98 Å². The molecule has 7 heteroatoms. The smallest absolute Gasteiger partial charge is 0.121 e. The van der Waals surface area contributed by atoms with Crippen molar-refractivity contribution in [2.75, 3.05) is 13.4 Å². The first-order valence-electron chi connectivity index (χ1n) is 8.06. The number of fused-ring (bicyclic) bond motifs is 3. The topological polar surface area (TPSA) is 80.9 Å². The fourth-order valence-corrected chi connectivity index (χ4v) is 3.69. The van der Waals surface area contributed by atoms with Crippen LogP contribution in [0, 0.1) is 4.78 Å². The minimum absolute atomic E-state index is 0.540. The van der Waals surface area contributed by atoms with Crippen molar-refractivity contribution in [1.82, 2.24) is 14.5 Å². The summed E-state index contributed by atoms with van der Waals surface area (Å²) in [4.78, 5) is 9.47. The molecular formula is C19H18N4O2S. The molecule has 0 aliphatic carbocycles. The molecule has 2 aromatic carbocycles. The molecule has 0 bridgehead atoms. The van der Waals surface area contributed by atoms with Crippen LogP contribution in [0.4, 0.5) is 0 Å². The molecule has 0 aliphatic rings. The van der Waals surface area contributed by atoms with E-state index in [-0.39, 0.29) is 0 Å². The van der Waals surface area contributed by atoms with Crippen LogP contribution < -0.4 is 4.74 Å². The summed E-state index contributed by atoms with van der Waals surface area (Å²) in [7, 11) is -1.05. The third-order valence-corrected chi connectivity index (χ3v) is 5.55. The zero-order valence-electron chi connectivity index (χ0n) is 14.5. The van der Waals surface area contributed by atoms with Crippen molar-refractivity contribution in [2.45, 2.75) is 11.4 Å². The molecule has 0 fully saturated rings. The van der Waals surface area contributed by atoms with Gasteiger partial charge >= 0.3 is 0 Å². The lowest BCUT2D eigenvalue weighted by Crippen LogP contribution is -2.00. The van der Waals surface area contributed by atoms with Crippen molar-refractivity contribution in [1.29, 1.82) is 4.78 Å². The molecule has 6 nitrogen and oxygen atoms in total. The van der Waals surface area contributed by atoms with Gasteiger partial charge in [-0.1, -0.05) is 12.1 Å². The number of imidazole rings is 1. The van der Waals surface area contributed by atoms with Gasteiger partial charge in [0, 0.05) is 29.1 Å². The SMILES string of the molecule is COc1ccc2c(c1)ncc1ncn(Cc3ccc(S(C)(=N)=O)cc3)c12. The fourth-order valence-electron chi connectivity index (χ4n) is 3.03. The Bertz CT molecular complexity index is 1210. The summed E-state index contributed by atoms with van der Waals surface area (Å²) in [5.74, 6) is 0.768. The van der Waals surface area contributed by atoms with E-state index in [1.165, 1.54) is 6.26 Å². The molecule has 26 heavy (non-hydrogen) atoms. The lowest BCUT2D eigenvalue weighted by molar-refractivity contribution is 0.415. The van der Waals surface area contributed by atoms with Crippen LogP contribution in [0.5, 0.6) is 5.75 Å². The largest absolute Gasteiger partial charge is 0.497 e. The quantitative estimate of drug-likeness (QED) is 0.597. The first-order chi connectivity index (χ1) is 12.5. The molecule has 0 saturated heterocycles. The van der Waals surface area contributed by atoms with E-state index in [0.29, 0.717) is 11.4 Å². The second-order valence-corrected chi connectivity index (χ2v) is 8.39. The normalized spacial score (nSPS) is 13.8. The molecule has 4 rings (SSSR count). The Morgan fingerprint density at radius 2 is 1.88 bits per heavy atom. The Balaban J connectivity index is 1.78. The number of methoxy groups -OCH3 is 1. The summed E-state index contributed by atoms with van der Waals surface area (Å²) in [6.07, 6.45) is 5.00. The number of nitrogens with zero attached hydrogens (tertiary/aromatic N) is 3. The molecule has 1 atom stereocenters. The van der Waals surface area contributed by atoms with E-state index in [1.54, 1.807) is 31.8 Å². The van der Waals surface area contributed by atoms with Gasteiger partial charge in [0.2, 0.25) is 0 Å². The van der Waals surface area contributed by atoms with E-state index in [4.69, 9.17) is 9.52 Å². The molecule has 0 saturated carbocycles. The maximum atomic E-state index is 11.8. The van der Waals surface area contributed by atoms with E-state index < -0.39 is 9.73 Å². The van der Waals surface area contributed by atoms with Crippen molar-refractivity contribution in [3.05, 3.63) is 60.6 Å². The van der Waals surface area contributed by atoms with E-state index in [9.17, 15) is 4.21 Å². The van der Waals surface area contributed by atoms with Gasteiger partial charge in [-0.05, 0) is 29.8 Å². The van der Waals surface area contributed by atoms with E-state index >= 15 is 0 Å². The molecule has 2 aromatic heterocycles. The van der Waals surface area contributed by atoms with Gasteiger partial charge in [-0.25, -0.2) is 14.0 Å². The third-order valence-electron chi connectivity index (χ3n) is 4.38. The van der Waals surface area contributed by atoms with Crippen LogP contribution in [-0.2, 0) is 16.3 Å². The summed E-state index contributed by atoms with van der Waals surface area (Å²) < 4.78 is 26.8. The van der Waals surface area contributed by atoms with Gasteiger partial charge in [-0.15, -0.1) is 0 Å². The van der Waals surface area contributed by atoms with Crippen molar-refractivity contribution < 1.29 is 8.95 Å². The fraction of sp³-hybridized carbons (Fsp3) is 0.158. The Labute approximate surface area is 151 Å². The van der Waals surface area contributed by atoms with Crippen LogP contribution in [0.3, 0.4) is 0 Å². The molecule has 1 unspecified atom stereocenters. The van der Waals surface area contributed by atoms with Gasteiger partial charge in [0.25, 0.3) is 0 Å². The van der Waals surface area contributed by atoms with Gasteiger partial charge in [0.05, 0.1) is 40.4 Å². The average molecular weight is 366 g/mol. The summed E-state index contributed by atoms with van der Waals surface area (Å²) in [6.45, 7) is 0.630. The zero-order valence-corrected chi connectivity index (χ0v) is 15.3. The van der Waals surface area contributed by atoms with Crippen LogP contribution in [0.1, 0.15) is 5.56 Å². The van der Waals surface area contributed by atoms with Crippen LogP contribution in [0.2, 0.25) is 0 Å². The predicted octanol–water partition coefficient (Wildman–Crippen LogP) is 3.68. The Kier molecular flexibility index (Phi) is 3.88. The first-order valence-corrected chi connectivity index (χ1v) is 10.0. The summed E-state index contributed by atoms with van der Waals surface area (Å²) in [6, 6.07) is 13.2.